The summed E-state index contributed by atoms with van der Waals surface area (Å²) >= 11 is 0. The van der Waals surface area contributed by atoms with E-state index in [1.54, 1.807) is 0 Å². The van der Waals surface area contributed by atoms with Crippen molar-refractivity contribution < 1.29 is 10.2 Å². The molecule has 1 aliphatic rings. The monoisotopic (exact) mass is 216 g/mol. The Bertz CT molecular complexity index is 118. The fraction of sp³-hybridized carbons (Fsp3) is 1.00. The van der Waals surface area contributed by atoms with Crippen LogP contribution >= 0.6 is 0 Å². The third kappa shape index (κ3) is 11.8. The maximum absolute atomic E-state index is 8.85. The van der Waals surface area contributed by atoms with E-state index in [0.717, 1.165) is 19.3 Å². The molecule has 0 aromatic heterocycles. The highest BCUT2D eigenvalue weighted by Gasteiger charge is 2.09. The molecule has 2 nitrogen and oxygen atoms in total. The molecule has 1 fully saturated rings. The average molecular weight is 216 g/mol. The van der Waals surface area contributed by atoms with Crippen LogP contribution in [0.3, 0.4) is 0 Å². The van der Waals surface area contributed by atoms with Crippen molar-refractivity contribution in [2.45, 2.75) is 83.8 Å². The first kappa shape index (κ1) is 14.9. The second-order valence-electron chi connectivity index (χ2n) is 4.64. The van der Waals surface area contributed by atoms with Crippen molar-refractivity contribution in [3.8, 4) is 0 Å². The minimum atomic E-state index is -0.0955. The lowest BCUT2D eigenvalue weighted by Crippen LogP contribution is -1.97. The minimum absolute atomic E-state index is 0.0463. The van der Waals surface area contributed by atoms with Gasteiger partial charge >= 0.3 is 0 Å². The smallest absolute Gasteiger partial charge is 0.0540 e. The van der Waals surface area contributed by atoms with Gasteiger partial charge in [-0.1, -0.05) is 45.4 Å². The molecule has 0 radical (unpaired) electrons. The highest BCUT2D eigenvalue weighted by Crippen LogP contribution is 2.16. The van der Waals surface area contributed by atoms with E-state index in [4.69, 9.17) is 10.2 Å². The van der Waals surface area contributed by atoms with Crippen molar-refractivity contribution in [3.63, 3.8) is 0 Å². The van der Waals surface area contributed by atoms with E-state index in [1.165, 1.54) is 38.5 Å². The number of unbranched alkanes of at least 4 members (excludes halogenated alkanes) is 3. The predicted octanol–water partition coefficient (Wildman–Crippen LogP) is 3.26. The van der Waals surface area contributed by atoms with E-state index in [0.29, 0.717) is 0 Å². The van der Waals surface area contributed by atoms with E-state index in [1.807, 2.05) is 6.92 Å². The first-order valence-corrected chi connectivity index (χ1v) is 6.53. The summed E-state index contributed by atoms with van der Waals surface area (Å²) in [5.74, 6) is 0. The molecule has 0 bridgehead atoms. The maximum atomic E-state index is 8.85. The number of hydrogen-bond donors (Lipinski definition) is 2. The van der Waals surface area contributed by atoms with E-state index >= 15 is 0 Å². The molecular formula is C13H28O2. The van der Waals surface area contributed by atoms with Crippen LogP contribution in [0.5, 0.6) is 0 Å². The molecule has 15 heavy (non-hydrogen) atoms. The van der Waals surface area contributed by atoms with Crippen molar-refractivity contribution in [3.05, 3.63) is 0 Å². The summed E-state index contributed by atoms with van der Waals surface area (Å²) < 4.78 is 0. The Hall–Kier alpha value is -0.0800. The van der Waals surface area contributed by atoms with Gasteiger partial charge in [-0.2, -0.15) is 0 Å². The lowest BCUT2D eigenvalue weighted by atomic mass is 10.1. The van der Waals surface area contributed by atoms with Crippen LogP contribution in [0.1, 0.15) is 71.6 Å². The van der Waals surface area contributed by atoms with E-state index < -0.39 is 0 Å². The molecule has 0 spiro atoms. The molecule has 1 saturated carbocycles. The Morgan fingerprint density at radius 2 is 1.73 bits per heavy atom. The quantitative estimate of drug-likeness (QED) is 0.692. The zero-order chi connectivity index (χ0) is 11.5. The number of hydrogen-bond acceptors (Lipinski definition) is 2. The van der Waals surface area contributed by atoms with Gasteiger partial charge in [0.15, 0.2) is 0 Å². The Morgan fingerprint density at radius 1 is 1.13 bits per heavy atom. The van der Waals surface area contributed by atoms with Gasteiger partial charge in [-0.25, -0.2) is 0 Å². The summed E-state index contributed by atoms with van der Waals surface area (Å²) in [5, 5.41) is 17.6. The predicted molar refractivity (Wildman–Crippen MR) is 64.9 cm³/mol. The lowest BCUT2D eigenvalue weighted by molar-refractivity contribution is 0.180. The summed E-state index contributed by atoms with van der Waals surface area (Å²) in [4.78, 5) is 0. The van der Waals surface area contributed by atoms with E-state index in [9.17, 15) is 0 Å². The fourth-order valence-corrected chi connectivity index (χ4v) is 1.77. The molecule has 1 unspecified atom stereocenters. The molecule has 0 heterocycles. The van der Waals surface area contributed by atoms with Crippen LogP contribution in [-0.2, 0) is 0 Å². The number of rotatable bonds is 5. The van der Waals surface area contributed by atoms with Crippen molar-refractivity contribution in [1.82, 2.24) is 0 Å². The van der Waals surface area contributed by atoms with E-state index in [2.05, 4.69) is 6.92 Å². The molecule has 1 rings (SSSR count). The summed E-state index contributed by atoms with van der Waals surface area (Å²) in [6.45, 7) is 4.05. The van der Waals surface area contributed by atoms with Crippen LogP contribution in [0.4, 0.5) is 0 Å². The molecule has 92 valence electrons. The summed E-state index contributed by atoms with van der Waals surface area (Å²) in [6.07, 6.45) is 10.5. The topological polar surface area (TPSA) is 40.5 Å². The van der Waals surface area contributed by atoms with Gasteiger partial charge in [0.2, 0.25) is 0 Å². The van der Waals surface area contributed by atoms with Gasteiger partial charge in [0.1, 0.15) is 0 Å². The van der Waals surface area contributed by atoms with Gasteiger partial charge in [-0.15, -0.1) is 0 Å². The zero-order valence-electron chi connectivity index (χ0n) is 10.4. The summed E-state index contributed by atoms with van der Waals surface area (Å²) in [6, 6.07) is 0. The van der Waals surface area contributed by atoms with Crippen molar-refractivity contribution in [2.24, 2.45) is 0 Å². The highest BCUT2D eigenvalue weighted by molar-refractivity contribution is 4.63. The second kappa shape index (κ2) is 10.4. The molecule has 1 atom stereocenters. The molecule has 0 amide bonds. The van der Waals surface area contributed by atoms with Crippen LogP contribution in [0.15, 0.2) is 0 Å². The first-order valence-electron chi connectivity index (χ1n) is 6.53. The zero-order valence-corrected chi connectivity index (χ0v) is 10.4. The van der Waals surface area contributed by atoms with Gasteiger partial charge < -0.3 is 10.2 Å². The van der Waals surface area contributed by atoms with Crippen molar-refractivity contribution in [1.29, 1.82) is 0 Å². The molecule has 0 saturated heterocycles. The van der Waals surface area contributed by atoms with Gasteiger partial charge in [0.05, 0.1) is 12.2 Å². The molecule has 0 aromatic carbocycles. The van der Waals surface area contributed by atoms with Crippen LogP contribution in [0, 0.1) is 0 Å². The minimum Gasteiger partial charge on any atom is -0.393 e. The second-order valence-corrected chi connectivity index (χ2v) is 4.64. The number of aliphatic hydroxyl groups excluding tert-OH is 2. The van der Waals surface area contributed by atoms with Crippen molar-refractivity contribution >= 4 is 0 Å². The average Bonchev–Trinajstić information content (AvgIpc) is 2.65. The molecule has 0 aromatic rings. The third-order valence-electron chi connectivity index (χ3n) is 2.80. The summed E-state index contributed by atoms with van der Waals surface area (Å²) in [5.41, 5.74) is 0. The largest absolute Gasteiger partial charge is 0.393 e. The standard InChI is InChI=1S/C8H18O.C5H10O/c1-3-4-5-6-7-8(2)9;6-5-3-1-2-4-5/h8-9H,3-7H2,1-2H3;5-6H,1-4H2. The fourth-order valence-electron chi connectivity index (χ4n) is 1.77. The Balaban J connectivity index is 0.000000280. The van der Waals surface area contributed by atoms with Gasteiger partial charge in [-0.3, -0.25) is 0 Å². The van der Waals surface area contributed by atoms with Gasteiger partial charge in [0.25, 0.3) is 0 Å². The van der Waals surface area contributed by atoms with Crippen molar-refractivity contribution in [2.75, 3.05) is 0 Å². The normalized spacial score (nSPS) is 18.4. The molecule has 1 aliphatic carbocycles. The Morgan fingerprint density at radius 3 is 2.07 bits per heavy atom. The molecule has 2 N–H and O–H groups in total. The van der Waals surface area contributed by atoms with Gasteiger partial charge in [0, 0.05) is 0 Å². The Kier molecular flexibility index (Phi) is 10.4. The van der Waals surface area contributed by atoms with Crippen LogP contribution < -0.4 is 0 Å². The maximum Gasteiger partial charge on any atom is 0.0540 e. The molecule has 0 aliphatic heterocycles. The lowest BCUT2D eigenvalue weighted by Gasteiger charge is -2.01. The van der Waals surface area contributed by atoms with Crippen LogP contribution in [-0.4, -0.2) is 22.4 Å². The number of aliphatic hydroxyl groups is 2. The van der Waals surface area contributed by atoms with Crippen LogP contribution in [0.25, 0.3) is 0 Å². The van der Waals surface area contributed by atoms with Gasteiger partial charge in [-0.05, 0) is 26.2 Å². The Labute approximate surface area is 94.7 Å². The van der Waals surface area contributed by atoms with Crippen LogP contribution in [0.2, 0.25) is 0 Å². The summed E-state index contributed by atoms with van der Waals surface area (Å²) in [7, 11) is 0. The molecule has 2 heteroatoms. The first-order chi connectivity index (χ1) is 7.16. The SMILES string of the molecule is CCCCCCC(C)O.OC1CCCC1. The molecular weight excluding hydrogens is 188 g/mol. The highest BCUT2D eigenvalue weighted by atomic mass is 16.3. The third-order valence-corrected chi connectivity index (χ3v) is 2.80. The van der Waals surface area contributed by atoms with E-state index in [-0.39, 0.29) is 12.2 Å².